The summed E-state index contributed by atoms with van der Waals surface area (Å²) >= 11 is 2.12. The molecular formula is C11H24O2SSn. The van der Waals surface area contributed by atoms with Crippen LogP contribution in [0.3, 0.4) is 0 Å². The van der Waals surface area contributed by atoms with Gasteiger partial charge in [-0.15, -0.1) is 0 Å². The van der Waals surface area contributed by atoms with Crippen LogP contribution in [0.25, 0.3) is 0 Å². The number of hydrogen-bond acceptors (Lipinski definition) is 3. The van der Waals surface area contributed by atoms with Crippen LogP contribution in [-0.4, -0.2) is 31.4 Å². The Morgan fingerprint density at radius 1 is 1.27 bits per heavy atom. The van der Waals surface area contributed by atoms with Crippen LogP contribution in [-0.2, 0) is 7.87 Å². The molecule has 4 heteroatoms. The molecule has 0 radical (unpaired) electrons. The number of thiol groups is 1. The summed E-state index contributed by atoms with van der Waals surface area (Å²) in [6.07, 6.45) is 4.85. The number of carbonyl (C=O) groups excluding carboxylic acids is 1. The van der Waals surface area contributed by atoms with Crippen molar-refractivity contribution in [1.82, 2.24) is 0 Å². The van der Waals surface area contributed by atoms with Crippen molar-refractivity contribution < 1.29 is 7.87 Å². The molecule has 0 bridgehead atoms. The van der Waals surface area contributed by atoms with Gasteiger partial charge in [-0.25, -0.2) is 0 Å². The quantitative estimate of drug-likeness (QED) is 0.543. The van der Waals surface area contributed by atoms with E-state index in [0.717, 1.165) is 0 Å². The van der Waals surface area contributed by atoms with E-state index in [1.165, 1.54) is 34.6 Å². The van der Waals surface area contributed by atoms with E-state index in [4.69, 9.17) is 3.07 Å². The molecule has 0 aliphatic heterocycles. The van der Waals surface area contributed by atoms with E-state index in [0.29, 0.717) is 0 Å². The van der Waals surface area contributed by atoms with Crippen molar-refractivity contribution in [2.75, 3.05) is 0 Å². The molecule has 0 spiro atoms. The first-order valence-corrected chi connectivity index (χ1v) is 12.5. The Morgan fingerprint density at radius 2 is 1.73 bits per heavy atom. The molecule has 0 aromatic rings. The molecule has 0 aliphatic carbocycles. The van der Waals surface area contributed by atoms with Gasteiger partial charge in [-0.3, -0.25) is 0 Å². The Balaban J connectivity index is 3.93. The normalized spacial score (nSPS) is 12.9. The summed E-state index contributed by atoms with van der Waals surface area (Å²) in [6, 6.07) is 0. The summed E-state index contributed by atoms with van der Waals surface area (Å²) < 4.78 is 8.01. The summed E-state index contributed by atoms with van der Waals surface area (Å²) in [7, 11) is 0. The van der Waals surface area contributed by atoms with Gasteiger partial charge in [0.15, 0.2) is 0 Å². The van der Waals surface area contributed by atoms with Crippen LogP contribution in [0.2, 0.25) is 8.87 Å². The molecule has 0 rings (SSSR count). The zero-order valence-corrected chi connectivity index (χ0v) is 14.4. The van der Waals surface area contributed by atoms with Gasteiger partial charge in [0.2, 0.25) is 0 Å². The fourth-order valence-corrected chi connectivity index (χ4v) is 9.72. The summed E-state index contributed by atoms with van der Waals surface area (Å²) in [5, 5.41) is -0.257. The Hall–Kier alpha value is 0.619. The molecule has 0 amide bonds. The van der Waals surface area contributed by atoms with Crippen LogP contribution in [0.15, 0.2) is 0 Å². The summed E-state index contributed by atoms with van der Waals surface area (Å²) in [5.74, 6) is -0.0914. The van der Waals surface area contributed by atoms with Crippen molar-refractivity contribution in [3.63, 3.8) is 0 Å². The molecule has 15 heavy (non-hydrogen) atoms. The van der Waals surface area contributed by atoms with Gasteiger partial charge in [-0.05, 0) is 0 Å². The Morgan fingerprint density at radius 3 is 2.07 bits per heavy atom. The first kappa shape index (κ1) is 15.6. The van der Waals surface area contributed by atoms with Crippen LogP contribution in [0, 0.1) is 0 Å². The third-order valence-electron chi connectivity index (χ3n) is 2.38. The maximum absolute atomic E-state index is 11.4. The standard InChI is InChI=1S/2C4H9.C3H6O2S.Sn.H/c2*1-3-4-2;1-2(6)3(4)5;;/h2*1,3-4H2,2H3;2,6H,1H3,(H,4,5);;/q;;;+1;/p-1. The zero-order valence-electron chi connectivity index (χ0n) is 10.2. The number of unbranched alkanes of at least 4 members (excludes halogenated alkanes) is 2. The molecule has 0 saturated carbocycles. The molecule has 0 aromatic carbocycles. The number of carbonyl (C=O) groups is 1. The summed E-state index contributed by atoms with van der Waals surface area (Å²) in [4.78, 5) is 11.4. The minimum absolute atomic E-state index is 0.0914. The predicted octanol–water partition coefficient (Wildman–Crippen LogP) is 3.17. The van der Waals surface area contributed by atoms with Gasteiger partial charge in [0.1, 0.15) is 0 Å². The van der Waals surface area contributed by atoms with E-state index in [-0.39, 0.29) is 11.2 Å². The van der Waals surface area contributed by atoms with Crippen molar-refractivity contribution in [3.8, 4) is 0 Å². The summed E-state index contributed by atoms with van der Waals surface area (Å²) in [5.41, 5.74) is 0. The second-order valence-electron chi connectivity index (χ2n) is 4.02. The zero-order chi connectivity index (χ0) is 11.7. The maximum atomic E-state index is 11.4. The van der Waals surface area contributed by atoms with Crippen LogP contribution in [0.4, 0.5) is 0 Å². The van der Waals surface area contributed by atoms with Crippen LogP contribution in [0.1, 0.15) is 46.5 Å². The molecule has 0 aromatic heterocycles. The van der Waals surface area contributed by atoms with Crippen LogP contribution in [0.5, 0.6) is 0 Å². The molecule has 90 valence electrons. The van der Waals surface area contributed by atoms with Crippen molar-refractivity contribution in [2.45, 2.75) is 60.6 Å². The Bertz CT molecular complexity index is 166. The molecule has 2 nitrogen and oxygen atoms in total. The molecule has 0 fully saturated rings. The van der Waals surface area contributed by atoms with E-state index in [2.05, 4.69) is 26.5 Å². The molecule has 0 heterocycles. The fourth-order valence-electron chi connectivity index (χ4n) is 1.39. The van der Waals surface area contributed by atoms with Crippen LogP contribution < -0.4 is 0 Å². The Labute approximate surface area is 107 Å². The molecule has 1 unspecified atom stereocenters. The minimum atomic E-state index is -1.99. The molecule has 0 saturated heterocycles. The van der Waals surface area contributed by atoms with Gasteiger partial charge in [-0.1, -0.05) is 0 Å². The first-order chi connectivity index (χ1) is 7.11. The van der Waals surface area contributed by atoms with Gasteiger partial charge < -0.3 is 0 Å². The van der Waals surface area contributed by atoms with E-state index in [1.54, 1.807) is 6.92 Å². The average Bonchev–Trinajstić information content (AvgIpc) is 2.21. The third-order valence-corrected chi connectivity index (χ3v) is 10.2. The van der Waals surface area contributed by atoms with E-state index >= 15 is 0 Å². The second kappa shape index (κ2) is 9.82. The molecular weight excluding hydrogens is 315 g/mol. The monoisotopic (exact) mass is 340 g/mol. The molecule has 0 aliphatic rings. The second-order valence-corrected chi connectivity index (χ2v) is 12.3. The summed E-state index contributed by atoms with van der Waals surface area (Å²) in [6.45, 7) is 6.16. The van der Waals surface area contributed by atoms with Gasteiger partial charge in [0, 0.05) is 0 Å². The van der Waals surface area contributed by atoms with Gasteiger partial charge in [-0.2, -0.15) is 0 Å². The van der Waals surface area contributed by atoms with Crippen molar-refractivity contribution in [2.24, 2.45) is 0 Å². The van der Waals surface area contributed by atoms with Gasteiger partial charge in [0.25, 0.3) is 0 Å². The fraction of sp³-hybridized carbons (Fsp3) is 0.909. The average molecular weight is 339 g/mol. The van der Waals surface area contributed by atoms with E-state index in [1.807, 2.05) is 0 Å². The van der Waals surface area contributed by atoms with Crippen molar-refractivity contribution in [3.05, 3.63) is 0 Å². The van der Waals surface area contributed by atoms with Gasteiger partial charge in [0.05, 0.1) is 0 Å². The molecule has 0 N–H and O–H groups in total. The van der Waals surface area contributed by atoms with E-state index < -0.39 is 20.2 Å². The number of rotatable bonds is 8. The third kappa shape index (κ3) is 8.43. The number of hydrogen-bond donors (Lipinski definition) is 1. The SMILES string of the molecule is CCC[CH2][SnH]([CH2]CCC)[O]C(=O)C(C)S. The van der Waals surface area contributed by atoms with Crippen molar-refractivity contribution in [1.29, 1.82) is 0 Å². The Kier molecular flexibility index (Phi) is 10.2. The van der Waals surface area contributed by atoms with E-state index in [9.17, 15) is 4.79 Å². The molecule has 1 atom stereocenters. The van der Waals surface area contributed by atoms with Crippen molar-refractivity contribution >= 4 is 38.8 Å². The van der Waals surface area contributed by atoms with Crippen LogP contribution >= 0.6 is 12.6 Å². The predicted molar refractivity (Wildman–Crippen MR) is 71.1 cm³/mol. The topological polar surface area (TPSA) is 26.3 Å². The van der Waals surface area contributed by atoms with Gasteiger partial charge >= 0.3 is 107 Å². The first-order valence-electron chi connectivity index (χ1n) is 6.00.